The summed E-state index contributed by atoms with van der Waals surface area (Å²) in [5, 5.41) is 2.59. The van der Waals surface area contributed by atoms with E-state index in [0.717, 1.165) is 12.8 Å². The predicted molar refractivity (Wildman–Crippen MR) is 59.1 cm³/mol. The first-order valence-corrected chi connectivity index (χ1v) is 5.44. The second kappa shape index (κ2) is 7.67. The Morgan fingerprint density at radius 3 is 2.57 bits per heavy atom. The minimum atomic E-state index is -0.526. The van der Waals surface area contributed by atoms with Gasteiger partial charge in [0.15, 0.2) is 0 Å². The fraction of sp³-hybridized carbons (Fsp3) is 0.778. The Bertz CT molecular complexity index is 197. The average Bonchev–Trinajstić information content (AvgIpc) is 2.12. The summed E-state index contributed by atoms with van der Waals surface area (Å²) in [6.07, 6.45) is 2.80. The molecule has 0 aliphatic carbocycles. The van der Waals surface area contributed by atoms with Crippen molar-refractivity contribution in [2.24, 2.45) is 5.73 Å². The average molecular weight is 218 g/mol. The summed E-state index contributed by atoms with van der Waals surface area (Å²) >= 11 is 3.93. The van der Waals surface area contributed by atoms with Crippen LogP contribution in [0.1, 0.15) is 32.6 Å². The summed E-state index contributed by atoms with van der Waals surface area (Å²) in [7, 11) is 0. The number of primary amides is 1. The largest absolute Gasteiger partial charge is 0.368 e. The summed E-state index contributed by atoms with van der Waals surface area (Å²) in [6.45, 7) is 2.02. The van der Waals surface area contributed by atoms with E-state index < -0.39 is 11.9 Å². The molecule has 0 rings (SSSR count). The van der Waals surface area contributed by atoms with Gasteiger partial charge >= 0.3 is 0 Å². The van der Waals surface area contributed by atoms with E-state index in [4.69, 9.17) is 5.73 Å². The topological polar surface area (TPSA) is 72.2 Å². The van der Waals surface area contributed by atoms with E-state index in [0.29, 0.717) is 18.6 Å². The highest BCUT2D eigenvalue weighted by atomic mass is 32.1. The molecule has 0 aromatic heterocycles. The minimum absolute atomic E-state index is 0.167. The van der Waals surface area contributed by atoms with Gasteiger partial charge in [-0.15, -0.1) is 0 Å². The molecule has 2 amide bonds. The minimum Gasteiger partial charge on any atom is -0.368 e. The van der Waals surface area contributed by atoms with Crippen molar-refractivity contribution in [2.75, 3.05) is 5.75 Å². The first-order valence-electron chi connectivity index (χ1n) is 4.81. The van der Waals surface area contributed by atoms with Crippen LogP contribution in [-0.4, -0.2) is 23.6 Å². The van der Waals surface area contributed by atoms with Crippen molar-refractivity contribution in [3.63, 3.8) is 0 Å². The summed E-state index contributed by atoms with van der Waals surface area (Å²) < 4.78 is 0. The van der Waals surface area contributed by atoms with Gasteiger partial charge in [-0.05, 0) is 12.2 Å². The van der Waals surface area contributed by atoms with E-state index in [9.17, 15) is 9.59 Å². The Morgan fingerprint density at radius 1 is 1.50 bits per heavy atom. The van der Waals surface area contributed by atoms with Crippen LogP contribution in [0.15, 0.2) is 0 Å². The number of rotatable bonds is 7. The summed E-state index contributed by atoms with van der Waals surface area (Å²) in [5.41, 5.74) is 5.15. The Morgan fingerprint density at radius 2 is 2.14 bits per heavy atom. The van der Waals surface area contributed by atoms with Crippen LogP contribution in [0.25, 0.3) is 0 Å². The lowest BCUT2D eigenvalue weighted by Crippen LogP contribution is -2.44. The van der Waals surface area contributed by atoms with E-state index in [2.05, 4.69) is 17.9 Å². The molecule has 1 unspecified atom stereocenters. The maximum absolute atomic E-state index is 11.2. The van der Waals surface area contributed by atoms with Crippen LogP contribution in [-0.2, 0) is 9.59 Å². The first kappa shape index (κ1) is 13.3. The molecule has 0 saturated heterocycles. The van der Waals surface area contributed by atoms with Gasteiger partial charge in [-0.25, -0.2) is 0 Å². The molecule has 0 aliphatic rings. The van der Waals surface area contributed by atoms with Gasteiger partial charge < -0.3 is 11.1 Å². The SMILES string of the molecule is CCCCC(NC(=O)CCS)C(N)=O. The van der Waals surface area contributed by atoms with Gasteiger partial charge in [0, 0.05) is 6.42 Å². The highest BCUT2D eigenvalue weighted by Crippen LogP contribution is 2.00. The molecule has 0 spiro atoms. The lowest BCUT2D eigenvalue weighted by Gasteiger charge is -2.14. The number of carbonyl (C=O) groups is 2. The number of nitrogens with one attached hydrogen (secondary N) is 1. The zero-order valence-electron chi connectivity index (χ0n) is 8.45. The maximum atomic E-state index is 11.2. The molecule has 14 heavy (non-hydrogen) atoms. The van der Waals surface area contributed by atoms with Crippen molar-refractivity contribution in [1.29, 1.82) is 0 Å². The third-order valence-electron chi connectivity index (χ3n) is 1.86. The normalized spacial score (nSPS) is 12.1. The van der Waals surface area contributed by atoms with E-state index in [1.165, 1.54) is 0 Å². The molecule has 0 bridgehead atoms. The van der Waals surface area contributed by atoms with Crippen LogP contribution >= 0.6 is 12.6 Å². The lowest BCUT2D eigenvalue weighted by atomic mass is 10.1. The number of unbranched alkanes of at least 4 members (excludes halogenated alkanes) is 1. The number of thiol groups is 1. The van der Waals surface area contributed by atoms with Gasteiger partial charge in [0.05, 0.1) is 0 Å². The van der Waals surface area contributed by atoms with Gasteiger partial charge in [0.2, 0.25) is 11.8 Å². The van der Waals surface area contributed by atoms with Crippen molar-refractivity contribution in [2.45, 2.75) is 38.6 Å². The Balaban J connectivity index is 3.95. The van der Waals surface area contributed by atoms with Gasteiger partial charge in [-0.1, -0.05) is 19.8 Å². The third-order valence-corrected chi connectivity index (χ3v) is 2.09. The van der Waals surface area contributed by atoms with Crippen LogP contribution in [0.3, 0.4) is 0 Å². The Labute approximate surface area is 90.0 Å². The summed E-state index contributed by atoms with van der Waals surface area (Å²) in [4.78, 5) is 22.1. The number of hydrogen-bond donors (Lipinski definition) is 3. The molecule has 0 aliphatic heterocycles. The van der Waals surface area contributed by atoms with Crippen molar-refractivity contribution < 1.29 is 9.59 Å². The molecule has 0 heterocycles. The molecule has 0 aromatic carbocycles. The molecular formula is C9H18N2O2S. The summed E-state index contributed by atoms with van der Waals surface area (Å²) in [6, 6.07) is -0.526. The molecule has 3 N–H and O–H groups in total. The van der Waals surface area contributed by atoms with Crippen molar-refractivity contribution >= 4 is 24.4 Å². The van der Waals surface area contributed by atoms with Crippen molar-refractivity contribution in [3.05, 3.63) is 0 Å². The quantitative estimate of drug-likeness (QED) is 0.543. The van der Waals surface area contributed by atoms with Gasteiger partial charge in [-0.3, -0.25) is 9.59 Å². The van der Waals surface area contributed by atoms with E-state index in [-0.39, 0.29) is 5.91 Å². The van der Waals surface area contributed by atoms with Crippen LogP contribution in [0.4, 0.5) is 0 Å². The zero-order valence-corrected chi connectivity index (χ0v) is 9.35. The van der Waals surface area contributed by atoms with Crippen molar-refractivity contribution in [1.82, 2.24) is 5.32 Å². The molecule has 0 radical (unpaired) electrons. The lowest BCUT2D eigenvalue weighted by molar-refractivity contribution is -0.127. The van der Waals surface area contributed by atoms with Crippen LogP contribution in [0.5, 0.6) is 0 Å². The van der Waals surface area contributed by atoms with Gasteiger partial charge in [-0.2, -0.15) is 12.6 Å². The monoisotopic (exact) mass is 218 g/mol. The second-order valence-electron chi connectivity index (χ2n) is 3.14. The van der Waals surface area contributed by atoms with Gasteiger partial charge in [0.1, 0.15) is 6.04 Å². The fourth-order valence-corrected chi connectivity index (χ4v) is 1.26. The number of hydrogen-bond acceptors (Lipinski definition) is 3. The van der Waals surface area contributed by atoms with Crippen LogP contribution < -0.4 is 11.1 Å². The standard InChI is InChI=1S/C9H18N2O2S/c1-2-3-4-7(9(10)13)11-8(12)5-6-14/h7,14H,2-6H2,1H3,(H2,10,13)(H,11,12). The molecular weight excluding hydrogens is 200 g/mol. The second-order valence-corrected chi connectivity index (χ2v) is 3.59. The smallest absolute Gasteiger partial charge is 0.239 e. The number of amides is 2. The molecule has 4 nitrogen and oxygen atoms in total. The molecule has 5 heteroatoms. The van der Waals surface area contributed by atoms with Crippen molar-refractivity contribution in [3.8, 4) is 0 Å². The molecule has 1 atom stereocenters. The van der Waals surface area contributed by atoms with E-state index in [1.54, 1.807) is 0 Å². The van der Waals surface area contributed by atoms with E-state index >= 15 is 0 Å². The third kappa shape index (κ3) is 5.85. The Kier molecular flexibility index (Phi) is 7.28. The van der Waals surface area contributed by atoms with Crippen LogP contribution in [0.2, 0.25) is 0 Å². The Hall–Kier alpha value is -0.710. The number of carbonyl (C=O) groups excluding carboxylic acids is 2. The summed E-state index contributed by atoms with van der Waals surface area (Å²) in [5.74, 6) is -0.156. The molecule has 82 valence electrons. The zero-order chi connectivity index (χ0) is 11.0. The van der Waals surface area contributed by atoms with Gasteiger partial charge in [0.25, 0.3) is 0 Å². The highest BCUT2D eigenvalue weighted by molar-refractivity contribution is 7.80. The molecule has 0 aromatic rings. The predicted octanol–water partition coefficient (Wildman–Crippen LogP) is 0.467. The fourth-order valence-electron chi connectivity index (χ4n) is 1.06. The number of nitrogens with two attached hydrogens (primary N) is 1. The first-order chi connectivity index (χ1) is 6.61. The molecule has 0 fully saturated rings. The highest BCUT2D eigenvalue weighted by Gasteiger charge is 2.16. The molecule has 0 saturated carbocycles. The van der Waals surface area contributed by atoms with E-state index in [1.807, 2.05) is 6.92 Å². The van der Waals surface area contributed by atoms with Crippen LogP contribution in [0, 0.1) is 0 Å². The maximum Gasteiger partial charge on any atom is 0.239 e.